The van der Waals surface area contributed by atoms with Crippen molar-refractivity contribution in [1.82, 2.24) is 0 Å². The third-order valence-electron chi connectivity index (χ3n) is 2.35. The van der Waals surface area contributed by atoms with Crippen molar-refractivity contribution in [1.29, 1.82) is 0 Å². The van der Waals surface area contributed by atoms with Crippen molar-refractivity contribution in [2.75, 3.05) is 0 Å². The van der Waals surface area contributed by atoms with Gasteiger partial charge in [0.05, 0.1) is 25.0 Å². The largest absolute Gasteiger partial charge is 0.481 e. The molecule has 0 bridgehead atoms. The number of aliphatic carboxylic acids is 2. The van der Waals surface area contributed by atoms with E-state index in [-0.39, 0.29) is 18.4 Å². The van der Waals surface area contributed by atoms with Gasteiger partial charge in [0.1, 0.15) is 0 Å². The normalized spacial score (nSPS) is 14.4. The van der Waals surface area contributed by atoms with E-state index in [1.807, 2.05) is 0 Å². The molecule has 8 heteroatoms. The van der Waals surface area contributed by atoms with Crippen LogP contribution in [0, 0.1) is 0 Å². The van der Waals surface area contributed by atoms with Crippen LogP contribution < -0.4 is 0 Å². The molecule has 0 saturated heterocycles. The Hall–Kier alpha value is -2.06. The predicted molar refractivity (Wildman–Crippen MR) is 67.2 cm³/mol. The Morgan fingerprint density at radius 3 is 1.95 bits per heavy atom. The lowest BCUT2D eigenvalue weighted by Crippen LogP contribution is -2.19. The summed E-state index contributed by atoms with van der Waals surface area (Å²) in [6.07, 6.45) is -1.68. The first-order valence-electron chi connectivity index (χ1n) is 5.80. The van der Waals surface area contributed by atoms with Crippen molar-refractivity contribution in [2.45, 2.75) is 37.9 Å². The van der Waals surface area contributed by atoms with E-state index in [0.717, 1.165) is 12.2 Å². The Labute approximate surface area is 114 Å². The van der Waals surface area contributed by atoms with Gasteiger partial charge in [-0.1, -0.05) is 6.08 Å². The third kappa shape index (κ3) is 8.95. The molecule has 0 aliphatic heterocycles. The molecule has 114 valence electrons. The Morgan fingerprint density at radius 1 is 0.950 bits per heavy atom. The molecule has 0 aromatic carbocycles. The van der Waals surface area contributed by atoms with Gasteiger partial charge in [-0.2, -0.15) is 0 Å². The van der Waals surface area contributed by atoms with E-state index < -0.39 is 42.9 Å². The van der Waals surface area contributed by atoms with E-state index in [1.165, 1.54) is 0 Å². The summed E-state index contributed by atoms with van der Waals surface area (Å²) in [5.74, 6) is -3.41. The number of rotatable bonds is 9. The number of aliphatic hydroxyl groups is 4. The number of carboxylic acid groups (broad SMARTS) is 2. The molecule has 0 fully saturated rings. The maximum Gasteiger partial charge on any atom is 0.306 e. The number of aliphatic hydroxyl groups excluding tert-OH is 3. The van der Waals surface area contributed by atoms with Gasteiger partial charge in [-0.15, -0.1) is 0 Å². The van der Waals surface area contributed by atoms with Crippen molar-refractivity contribution in [3.8, 4) is 0 Å². The van der Waals surface area contributed by atoms with Gasteiger partial charge in [0.2, 0.25) is 0 Å². The molecule has 0 heterocycles. The van der Waals surface area contributed by atoms with E-state index >= 15 is 0 Å². The van der Waals surface area contributed by atoms with Crippen LogP contribution in [-0.4, -0.2) is 54.8 Å². The lowest BCUT2D eigenvalue weighted by molar-refractivity contribution is -0.140. The van der Waals surface area contributed by atoms with Gasteiger partial charge in [-0.25, -0.2) is 0 Å². The van der Waals surface area contributed by atoms with E-state index in [2.05, 4.69) is 0 Å². The first-order valence-corrected chi connectivity index (χ1v) is 5.80. The maximum absolute atomic E-state index is 10.5. The van der Waals surface area contributed by atoms with Gasteiger partial charge in [0.25, 0.3) is 5.95 Å². The Kier molecular flexibility index (Phi) is 8.02. The molecule has 0 aliphatic rings. The molecule has 2 unspecified atom stereocenters. The first-order chi connectivity index (χ1) is 9.22. The molecule has 0 spiro atoms. The van der Waals surface area contributed by atoms with Gasteiger partial charge >= 0.3 is 11.9 Å². The molecule has 0 aliphatic carbocycles. The van der Waals surface area contributed by atoms with Crippen molar-refractivity contribution in [2.24, 2.45) is 0 Å². The van der Waals surface area contributed by atoms with E-state index in [1.54, 1.807) is 0 Å². The molecule has 0 rings (SSSR count). The molecule has 0 saturated carbocycles. The Morgan fingerprint density at radius 2 is 1.50 bits per heavy atom. The van der Waals surface area contributed by atoms with Crippen LogP contribution in [0.2, 0.25) is 0 Å². The lowest BCUT2D eigenvalue weighted by Gasteiger charge is -2.14. The second-order valence-electron chi connectivity index (χ2n) is 4.12. The minimum Gasteiger partial charge on any atom is -0.481 e. The minimum atomic E-state index is -1.38. The molecule has 0 radical (unpaired) electrons. The second-order valence-corrected chi connectivity index (χ2v) is 4.12. The highest BCUT2D eigenvalue weighted by molar-refractivity contribution is 5.68. The van der Waals surface area contributed by atoms with E-state index in [0.29, 0.717) is 0 Å². The van der Waals surface area contributed by atoms with Gasteiger partial charge in [-0.3, -0.25) is 9.59 Å². The SMILES string of the molecule is O=C(O)CC(O)C=C(CCC=C(O)O)C(O)CC(=O)O. The summed E-state index contributed by atoms with van der Waals surface area (Å²) in [4.78, 5) is 20.9. The van der Waals surface area contributed by atoms with Crippen LogP contribution in [0.3, 0.4) is 0 Å². The molecule has 0 amide bonds. The average Bonchev–Trinajstić information content (AvgIpc) is 2.24. The molecular formula is C12H18O8. The summed E-state index contributed by atoms with van der Waals surface area (Å²) < 4.78 is 0. The highest BCUT2D eigenvalue weighted by Crippen LogP contribution is 2.16. The zero-order chi connectivity index (χ0) is 15.7. The lowest BCUT2D eigenvalue weighted by atomic mass is 9.99. The first kappa shape index (κ1) is 17.9. The van der Waals surface area contributed by atoms with Crippen molar-refractivity contribution in [3.63, 3.8) is 0 Å². The maximum atomic E-state index is 10.5. The molecular weight excluding hydrogens is 272 g/mol. The van der Waals surface area contributed by atoms with Crippen molar-refractivity contribution < 1.29 is 40.2 Å². The highest BCUT2D eigenvalue weighted by Gasteiger charge is 2.17. The summed E-state index contributed by atoms with van der Waals surface area (Å²) >= 11 is 0. The van der Waals surface area contributed by atoms with Gasteiger partial charge in [0, 0.05) is 0 Å². The summed E-state index contributed by atoms with van der Waals surface area (Å²) in [6, 6.07) is 0. The predicted octanol–water partition coefficient (Wildman–Crippen LogP) is 0.322. The fourth-order valence-corrected chi connectivity index (χ4v) is 1.51. The molecule has 6 N–H and O–H groups in total. The van der Waals surface area contributed by atoms with Crippen molar-refractivity contribution in [3.05, 3.63) is 23.7 Å². The van der Waals surface area contributed by atoms with Crippen LogP contribution in [-0.2, 0) is 9.59 Å². The third-order valence-corrected chi connectivity index (χ3v) is 2.35. The van der Waals surface area contributed by atoms with Crippen molar-refractivity contribution >= 4 is 11.9 Å². The van der Waals surface area contributed by atoms with Crippen LogP contribution in [0.4, 0.5) is 0 Å². The molecule has 2 atom stereocenters. The average molecular weight is 290 g/mol. The molecule has 8 nitrogen and oxygen atoms in total. The topological polar surface area (TPSA) is 156 Å². The van der Waals surface area contributed by atoms with Gasteiger partial charge < -0.3 is 30.6 Å². The minimum absolute atomic E-state index is 0.0513. The fraction of sp³-hybridized carbons (Fsp3) is 0.500. The number of allylic oxidation sites excluding steroid dienone is 1. The number of hydrogen-bond acceptors (Lipinski definition) is 6. The zero-order valence-electron chi connectivity index (χ0n) is 10.6. The number of carbonyl (C=O) groups is 2. The Balaban J connectivity index is 4.84. The van der Waals surface area contributed by atoms with E-state index in [4.69, 9.17) is 20.4 Å². The quantitative estimate of drug-likeness (QED) is 0.262. The molecule has 0 aromatic heterocycles. The molecule has 0 aromatic rings. The summed E-state index contributed by atoms with van der Waals surface area (Å²) in [6.45, 7) is 0. The summed E-state index contributed by atoms with van der Waals surface area (Å²) in [5.41, 5.74) is 0.124. The fourth-order valence-electron chi connectivity index (χ4n) is 1.51. The van der Waals surface area contributed by atoms with E-state index in [9.17, 15) is 19.8 Å². The highest BCUT2D eigenvalue weighted by atomic mass is 16.5. The molecule has 20 heavy (non-hydrogen) atoms. The van der Waals surface area contributed by atoms with Gasteiger partial charge in [-0.05, 0) is 24.5 Å². The van der Waals surface area contributed by atoms with Crippen LogP contribution in [0.1, 0.15) is 25.7 Å². The van der Waals surface area contributed by atoms with Crippen LogP contribution in [0.5, 0.6) is 0 Å². The van der Waals surface area contributed by atoms with Crippen LogP contribution in [0.25, 0.3) is 0 Å². The van der Waals surface area contributed by atoms with Crippen LogP contribution in [0.15, 0.2) is 23.7 Å². The second kappa shape index (κ2) is 8.94. The monoisotopic (exact) mass is 290 g/mol. The Bertz CT molecular complexity index is 394. The van der Waals surface area contributed by atoms with Crippen LogP contribution >= 0.6 is 0 Å². The number of hydrogen-bond donors (Lipinski definition) is 6. The summed E-state index contributed by atoms with van der Waals surface area (Å²) in [5, 5.41) is 53.4. The standard InChI is InChI=1S/C12H18O8/c13-8(5-11(17)18)4-7(2-1-3-10(15)16)9(14)6-12(19)20/h3-4,8-9,13-16H,1-2,5-6H2,(H,17,18)(H,19,20). The summed E-state index contributed by atoms with van der Waals surface area (Å²) in [7, 11) is 0. The van der Waals surface area contributed by atoms with Gasteiger partial charge in [0.15, 0.2) is 0 Å². The zero-order valence-corrected chi connectivity index (χ0v) is 10.6. The smallest absolute Gasteiger partial charge is 0.306 e. The number of carboxylic acids is 2.